The molecule has 2 rings (SSSR count). The topological polar surface area (TPSA) is 61.4 Å². The van der Waals surface area contributed by atoms with Crippen molar-refractivity contribution in [3.05, 3.63) is 0 Å². The van der Waals surface area contributed by atoms with E-state index in [0.29, 0.717) is 25.6 Å². The van der Waals surface area contributed by atoms with Gasteiger partial charge in [0.05, 0.1) is 0 Å². The van der Waals surface area contributed by atoms with Crippen LogP contribution in [0.4, 0.5) is 0 Å². The van der Waals surface area contributed by atoms with Crippen molar-refractivity contribution >= 4 is 10.2 Å². The number of hydrogen-bond donors (Lipinski definition) is 2. The predicted octanol–water partition coefficient (Wildman–Crippen LogP) is 1.72. The van der Waals surface area contributed by atoms with Gasteiger partial charge in [0.2, 0.25) is 0 Å². The van der Waals surface area contributed by atoms with E-state index in [4.69, 9.17) is 0 Å². The average molecular weight is 317 g/mol. The summed E-state index contributed by atoms with van der Waals surface area (Å²) < 4.78 is 29.6. The fourth-order valence-corrected chi connectivity index (χ4v) is 5.13. The van der Waals surface area contributed by atoms with Crippen LogP contribution in [-0.4, -0.2) is 45.9 Å². The largest absolute Gasteiger partial charge is 0.319 e. The van der Waals surface area contributed by atoms with Gasteiger partial charge in [-0.1, -0.05) is 26.2 Å². The lowest BCUT2D eigenvalue weighted by molar-refractivity contribution is 0.214. The highest BCUT2D eigenvalue weighted by molar-refractivity contribution is 7.87. The summed E-state index contributed by atoms with van der Waals surface area (Å²) in [6.45, 7) is 5.00. The second-order valence-corrected chi connectivity index (χ2v) is 8.88. The van der Waals surface area contributed by atoms with Crippen molar-refractivity contribution in [1.82, 2.24) is 14.3 Å². The Morgan fingerprint density at radius 3 is 2.57 bits per heavy atom. The maximum absolute atomic E-state index is 12.5. The molecule has 1 heterocycles. The van der Waals surface area contributed by atoms with Gasteiger partial charge in [0, 0.05) is 19.6 Å². The lowest BCUT2D eigenvalue weighted by atomic mass is 9.76. The zero-order valence-corrected chi connectivity index (χ0v) is 14.3. The molecule has 0 bridgehead atoms. The molecule has 0 aromatic carbocycles. The van der Waals surface area contributed by atoms with E-state index in [1.807, 2.05) is 7.05 Å². The Balaban J connectivity index is 1.88. The third-order valence-corrected chi connectivity index (χ3v) is 6.58. The lowest BCUT2D eigenvalue weighted by Gasteiger charge is -2.36. The Labute approximate surface area is 130 Å². The predicted molar refractivity (Wildman–Crippen MR) is 86.3 cm³/mol. The summed E-state index contributed by atoms with van der Waals surface area (Å²) in [6, 6.07) is 0. The van der Waals surface area contributed by atoms with E-state index >= 15 is 0 Å². The number of piperidine rings is 1. The molecule has 0 aromatic rings. The van der Waals surface area contributed by atoms with Gasteiger partial charge < -0.3 is 5.32 Å². The van der Waals surface area contributed by atoms with Crippen LogP contribution < -0.4 is 10.0 Å². The summed E-state index contributed by atoms with van der Waals surface area (Å²) >= 11 is 0. The molecule has 0 spiro atoms. The Kier molecular flexibility index (Phi) is 6.05. The van der Waals surface area contributed by atoms with Gasteiger partial charge in [-0.15, -0.1) is 0 Å². The monoisotopic (exact) mass is 317 g/mol. The number of hydrogen-bond acceptors (Lipinski definition) is 3. The molecule has 1 saturated heterocycles. The molecule has 1 saturated carbocycles. The number of nitrogens with zero attached hydrogens (tertiary/aromatic N) is 1. The SMILES string of the molecule is CNCC1CCCN(S(=O)(=O)NCC2(C)CCCCC2)C1. The molecule has 124 valence electrons. The molecule has 2 aliphatic rings. The van der Waals surface area contributed by atoms with Crippen molar-refractivity contribution in [1.29, 1.82) is 0 Å². The summed E-state index contributed by atoms with van der Waals surface area (Å²) in [4.78, 5) is 0. The summed E-state index contributed by atoms with van der Waals surface area (Å²) in [5, 5.41) is 3.16. The van der Waals surface area contributed by atoms with Crippen LogP contribution in [0.25, 0.3) is 0 Å². The minimum atomic E-state index is -3.32. The highest BCUT2D eigenvalue weighted by atomic mass is 32.2. The lowest BCUT2D eigenvalue weighted by Crippen LogP contribution is -2.49. The minimum Gasteiger partial charge on any atom is -0.319 e. The molecule has 1 aliphatic carbocycles. The van der Waals surface area contributed by atoms with E-state index in [2.05, 4.69) is 17.0 Å². The molecule has 5 nitrogen and oxygen atoms in total. The van der Waals surface area contributed by atoms with Gasteiger partial charge >= 0.3 is 0 Å². The number of rotatable bonds is 6. The van der Waals surface area contributed by atoms with Crippen molar-refractivity contribution in [2.45, 2.75) is 51.9 Å². The van der Waals surface area contributed by atoms with E-state index in [1.165, 1.54) is 19.3 Å². The fraction of sp³-hybridized carbons (Fsp3) is 1.00. The first-order chi connectivity index (χ1) is 9.95. The van der Waals surface area contributed by atoms with Crippen LogP contribution in [0.15, 0.2) is 0 Å². The molecule has 0 amide bonds. The Morgan fingerprint density at radius 2 is 1.90 bits per heavy atom. The summed E-state index contributed by atoms with van der Waals surface area (Å²) in [6.07, 6.45) is 8.10. The van der Waals surface area contributed by atoms with Crippen LogP contribution in [0, 0.1) is 11.3 Å². The smallest absolute Gasteiger partial charge is 0.279 e. The molecular weight excluding hydrogens is 286 g/mol. The first-order valence-corrected chi connectivity index (χ1v) is 9.79. The second kappa shape index (κ2) is 7.40. The Hall–Kier alpha value is -0.170. The highest BCUT2D eigenvalue weighted by Crippen LogP contribution is 2.35. The Morgan fingerprint density at radius 1 is 1.19 bits per heavy atom. The van der Waals surface area contributed by atoms with Gasteiger partial charge in [-0.05, 0) is 50.6 Å². The van der Waals surface area contributed by atoms with Crippen LogP contribution in [-0.2, 0) is 10.2 Å². The van der Waals surface area contributed by atoms with Gasteiger partial charge in [-0.25, -0.2) is 4.72 Å². The van der Waals surface area contributed by atoms with E-state index < -0.39 is 10.2 Å². The van der Waals surface area contributed by atoms with Crippen LogP contribution in [0.2, 0.25) is 0 Å². The average Bonchev–Trinajstić information content (AvgIpc) is 2.47. The molecule has 0 aromatic heterocycles. The van der Waals surface area contributed by atoms with Gasteiger partial charge in [-0.2, -0.15) is 12.7 Å². The van der Waals surface area contributed by atoms with Crippen molar-refractivity contribution in [2.75, 3.05) is 33.2 Å². The van der Waals surface area contributed by atoms with E-state index in [1.54, 1.807) is 4.31 Å². The van der Waals surface area contributed by atoms with Crippen LogP contribution in [0.1, 0.15) is 51.9 Å². The van der Waals surface area contributed by atoms with Crippen LogP contribution in [0.3, 0.4) is 0 Å². The third kappa shape index (κ3) is 4.91. The van der Waals surface area contributed by atoms with Gasteiger partial charge in [-0.3, -0.25) is 0 Å². The maximum atomic E-state index is 12.5. The molecule has 0 radical (unpaired) electrons. The van der Waals surface area contributed by atoms with Crippen LogP contribution in [0.5, 0.6) is 0 Å². The first-order valence-electron chi connectivity index (χ1n) is 8.34. The molecule has 1 aliphatic heterocycles. The van der Waals surface area contributed by atoms with E-state index in [9.17, 15) is 8.42 Å². The second-order valence-electron chi connectivity index (χ2n) is 7.12. The minimum absolute atomic E-state index is 0.144. The molecule has 1 unspecified atom stereocenters. The summed E-state index contributed by atoms with van der Waals surface area (Å²) in [7, 11) is -1.39. The van der Waals surface area contributed by atoms with Gasteiger partial charge in [0.25, 0.3) is 10.2 Å². The van der Waals surface area contributed by atoms with Crippen molar-refractivity contribution < 1.29 is 8.42 Å². The molecular formula is C15H31N3O2S. The molecule has 6 heteroatoms. The zero-order valence-electron chi connectivity index (χ0n) is 13.5. The fourth-order valence-electron chi connectivity index (χ4n) is 3.64. The third-order valence-electron chi connectivity index (χ3n) is 5.06. The van der Waals surface area contributed by atoms with Gasteiger partial charge in [0.1, 0.15) is 0 Å². The normalized spacial score (nSPS) is 27.6. The highest BCUT2D eigenvalue weighted by Gasteiger charge is 2.32. The van der Waals surface area contributed by atoms with Crippen molar-refractivity contribution in [3.63, 3.8) is 0 Å². The molecule has 2 fully saturated rings. The van der Waals surface area contributed by atoms with E-state index in [0.717, 1.165) is 32.2 Å². The molecule has 1 atom stereocenters. The summed E-state index contributed by atoms with van der Waals surface area (Å²) in [5.41, 5.74) is 0.144. The van der Waals surface area contributed by atoms with Crippen molar-refractivity contribution in [3.8, 4) is 0 Å². The van der Waals surface area contributed by atoms with Crippen molar-refractivity contribution in [2.24, 2.45) is 11.3 Å². The summed E-state index contributed by atoms with van der Waals surface area (Å²) in [5.74, 6) is 0.436. The van der Waals surface area contributed by atoms with E-state index in [-0.39, 0.29) is 5.41 Å². The van der Waals surface area contributed by atoms with Gasteiger partial charge in [0.15, 0.2) is 0 Å². The quantitative estimate of drug-likeness (QED) is 0.784. The van der Waals surface area contributed by atoms with Crippen LogP contribution >= 0.6 is 0 Å². The maximum Gasteiger partial charge on any atom is 0.279 e. The standard InChI is InChI=1S/C15H31N3O2S/c1-15(8-4-3-5-9-15)13-17-21(19,20)18-10-6-7-14(12-18)11-16-2/h14,16-17H,3-13H2,1-2H3. The zero-order chi connectivity index (χ0) is 15.3. The number of nitrogens with one attached hydrogen (secondary N) is 2. The first kappa shape index (κ1) is 17.2. The molecule has 21 heavy (non-hydrogen) atoms. The molecule has 2 N–H and O–H groups in total. The Bertz CT molecular complexity index is 417.